The Hall–Kier alpha value is -0.840. The Morgan fingerprint density at radius 2 is 1.82 bits per heavy atom. The second-order valence-electron chi connectivity index (χ2n) is 5.05. The number of phenolic OH excluding ortho intramolecular Hbond substituents is 1. The maximum Gasteiger partial charge on any atom is 0.165 e. The first kappa shape index (κ1) is 16.2. The first-order chi connectivity index (χ1) is 7.23. The van der Waals surface area contributed by atoms with Gasteiger partial charge in [-0.2, -0.15) is 0 Å². The molecule has 0 aliphatic heterocycles. The second kappa shape index (κ2) is 5.67. The molecule has 0 spiro atoms. The normalized spacial score (nSPS) is 14.9. The lowest BCUT2D eigenvalue weighted by Gasteiger charge is -2.31. The van der Waals surface area contributed by atoms with Crippen LogP contribution in [0.4, 0.5) is 4.39 Å². The molecule has 0 radical (unpaired) electrons. The van der Waals surface area contributed by atoms with Crippen molar-refractivity contribution in [3.05, 3.63) is 29.6 Å². The molecule has 0 unspecified atom stereocenters. The molecular weight excluding hydrogens is 245 g/mol. The average molecular weight is 264 g/mol. The molecule has 1 aromatic rings. The van der Waals surface area contributed by atoms with Gasteiger partial charge in [-0.3, -0.25) is 0 Å². The van der Waals surface area contributed by atoms with Crippen molar-refractivity contribution in [2.24, 2.45) is 11.1 Å². The van der Waals surface area contributed by atoms with E-state index in [-0.39, 0.29) is 17.8 Å². The van der Waals surface area contributed by atoms with Gasteiger partial charge in [-0.15, -0.1) is 12.4 Å². The number of aliphatic hydroxyl groups is 1. The summed E-state index contributed by atoms with van der Waals surface area (Å²) in [6.45, 7) is 5.57. The zero-order valence-electron chi connectivity index (χ0n) is 10.1. The molecule has 1 aromatic carbocycles. The van der Waals surface area contributed by atoms with Crippen LogP contribution in [0.25, 0.3) is 0 Å². The third kappa shape index (κ3) is 3.84. The van der Waals surface area contributed by atoms with Crippen LogP contribution in [0.2, 0.25) is 0 Å². The third-order valence-electron chi connectivity index (χ3n) is 2.58. The molecule has 1 rings (SSSR count). The van der Waals surface area contributed by atoms with Gasteiger partial charge in [0, 0.05) is 0 Å². The van der Waals surface area contributed by atoms with Crippen molar-refractivity contribution in [1.82, 2.24) is 0 Å². The summed E-state index contributed by atoms with van der Waals surface area (Å²) in [6.07, 6.45) is -0.781. The van der Waals surface area contributed by atoms with Crippen LogP contribution in [0.3, 0.4) is 0 Å². The maximum atomic E-state index is 13.1. The molecule has 0 fully saturated rings. The number of hydrogen-bond donors (Lipinski definition) is 3. The summed E-state index contributed by atoms with van der Waals surface area (Å²) in [6, 6.07) is 3.22. The maximum absolute atomic E-state index is 13.1. The number of nitrogens with two attached hydrogens (primary N) is 1. The molecule has 0 aliphatic carbocycles. The van der Waals surface area contributed by atoms with Crippen LogP contribution < -0.4 is 5.73 Å². The molecule has 0 aliphatic rings. The van der Waals surface area contributed by atoms with E-state index in [1.807, 2.05) is 20.8 Å². The number of hydrogen-bond acceptors (Lipinski definition) is 3. The number of benzene rings is 1. The molecule has 0 heterocycles. The minimum atomic E-state index is -0.781. The highest BCUT2D eigenvalue weighted by molar-refractivity contribution is 5.85. The lowest BCUT2D eigenvalue weighted by Crippen LogP contribution is -2.37. The van der Waals surface area contributed by atoms with E-state index in [0.717, 1.165) is 6.07 Å². The van der Waals surface area contributed by atoms with Crippen molar-refractivity contribution in [1.29, 1.82) is 0 Å². The number of aromatic hydroxyl groups is 1. The Morgan fingerprint density at radius 1 is 1.29 bits per heavy atom. The van der Waals surface area contributed by atoms with Gasteiger partial charge in [0.2, 0.25) is 0 Å². The lowest BCUT2D eigenvalue weighted by atomic mass is 9.82. The van der Waals surface area contributed by atoms with E-state index in [9.17, 15) is 9.50 Å². The van der Waals surface area contributed by atoms with Crippen LogP contribution in [0.15, 0.2) is 18.2 Å². The molecule has 0 aromatic heterocycles. The van der Waals surface area contributed by atoms with Crippen molar-refractivity contribution in [2.75, 3.05) is 0 Å². The van der Waals surface area contributed by atoms with Crippen LogP contribution in [-0.2, 0) is 0 Å². The topological polar surface area (TPSA) is 66.5 Å². The molecule has 98 valence electrons. The van der Waals surface area contributed by atoms with Gasteiger partial charge in [-0.1, -0.05) is 26.8 Å². The third-order valence-corrected chi connectivity index (χ3v) is 2.58. The molecule has 0 saturated heterocycles. The predicted octanol–water partition coefficient (Wildman–Crippen LogP) is 2.36. The minimum Gasteiger partial charge on any atom is -0.505 e. The van der Waals surface area contributed by atoms with Gasteiger partial charge in [0.1, 0.15) is 0 Å². The van der Waals surface area contributed by atoms with Gasteiger partial charge < -0.3 is 15.9 Å². The molecule has 4 N–H and O–H groups in total. The quantitative estimate of drug-likeness (QED) is 0.767. The molecule has 2 atom stereocenters. The zero-order chi connectivity index (χ0) is 12.5. The lowest BCUT2D eigenvalue weighted by molar-refractivity contribution is 0.0400. The molecule has 3 nitrogen and oxygen atoms in total. The zero-order valence-corrected chi connectivity index (χ0v) is 11.0. The Bertz CT molecular complexity index is 379. The van der Waals surface area contributed by atoms with Gasteiger partial charge in [-0.05, 0) is 23.1 Å². The standard InChI is InChI=1S/C12H18FNO2.ClH/c1-12(2,3)11(16)10(14)7-4-5-9(15)8(13)6-7;/h4-6,10-11,15-16H,14H2,1-3H3;1H/t10-,11-;/m1./s1. The Balaban J connectivity index is 0.00000256. The van der Waals surface area contributed by atoms with Crippen LogP contribution >= 0.6 is 12.4 Å². The van der Waals surface area contributed by atoms with Crippen LogP contribution in [-0.4, -0.2) is 16.3 Å². The smallest absolute Gasteiger partial charge is 0.165 e. The fourth-order valence-corrected chi connectivity index (χ4v) is 1.45. The van der Waals surface area contributed by atoms with E-state index in [1.165, 1.54) is 12.1 Å². The van der Waals surface area contributed by atoms with E-state index in [2.05, 4.69) is 0 Å². The van der Waals surface area contributed by atoms with Crippen molar-refractivity contribution >= 4 is 12.4 Å². The number of phenols is 1. The van der Waals surface area contributed by atoms with Crippen molar-refractivity contribution < 1.29 is 14.6 Å². The largest absolute Gasteiger partial charge is 0.505 e. The second-order valence-corrected chi connectivity index (χ2v) is 5.05. The highest BCUT2D eigenvalue weighted by atomic mass is 35.5. The van der Waals surface area contributed by atoms with E-state index >= 15 is 0 Å². The summed E-state index contributed by atoms with van der Waals surface area (Å²) in [5, 5.41) is 19.0. The van der Waals surface area contributed by atoms with Crippen molar-refractivity contribution in [3.8, 4) is 5.75 Å². The van der Waals surface area contributed by atoms with E-state index in [0.29, 0.717) is 5.56 Å². The Morgan fingerprint density at radius 3 is 2.24 bits per heavy atom. The molecule has 0 amide bonds. The van der Waals surface area contributed by atoms with E-state index in [1.54, 1.807) is 0 Å². The van der Waals surface area contributed by atoms with Gasteiger partial charge in [-0.25, -0.2) is 4.39 Å². The van der Waals surface area contributed by atoms with Crippen LogP contribution in [0, 0.1) is 11.2 Å². The molecule has 17 heavy (non-hydrogen) atoms. The van der Waals surface area contributed by atoms with Crippen LogP contribution in [0.1, 0.15) is 32.4 Å². The van der Waals surface area contributed by atoms with Crippen molar-refractivity contribution in [3.63, 3.8) is 0 Å². The SMILES string of the molecule is CC(C)(C)[C@H](O)[C@H](N)c1ccc(O)c(F)c1.Cl. The number of rotatable bonds is 2. The van der Waals surface area contributed by atoms with E-state index in [4.69, 9.17) is 10.8 Å². The summed E-state index contributed by atoms with van der Waals surface area (Å²) < 4.78 is 13.1. The Labute approximate surface area is 107 Å². The Kier molecular flexibility index (Phi) is 5.39. The molecule has 0 saturated carbocycles. The van der Waals surface area contributed by atoms with Crippen LogP contribution in [0.5, 0.6) is 5.75 Å². The fourth-order valence-electron chi connectivity index (χ4n) is 1.45. The van der Waals surface area contributed by atoms with E-state index < -0.39 is 23.7 Å². The molecular formula is C12H19ClFNO2. The number of halogens is 2. The summed E-state index contributed by atoms with van der Waals surface area (Å²) in [5.74, 6) is -1.14. The van der Waals surface area contributed by atoms with Gasteiger partial charge in [0.25, 0.3) is 0 Å². The molecule has 0 bridgehead atoms. The summed E-state index contributed by atoms with van der Waals surface area (Å²) in [4.78, 5) is 0. The van der Waals surface area contributed by atoms with Gasteiger partial charge in [0.15, 0.2) is 11.6 Å². The molecule has 5 heteroatoms. The summed E-state index contributed by atoms with van der Waals surface area (Å²) >= 11 is 0. The summed E-state index contributed by atoms with van der Waals surface area (Å²) in [5.41, 5.74) is 5.93. The van der Waals surface area contributed by atoms with Gasteiger partial charge in [0.05, 0.1) is 12.1 Å². The fraction of sp³-hybridized carbons (Fsp3) is 0.500. The first-order valence-corrected chi connectivity index (χ1v) is 5.15. The average Bonchev–Trinajstić information content (AvgIpc) is 2.18. The highest BCUT2D eigenvalue weighted by Gasteiger charge is 2.29. The highest BCUT2D eigenvalue weighted by Crippen LogP contribution is 2.29. The predicted molar refractivity (Wildman–Crippen MR) is 67.7 cm³/mol. The number of aliphatic hydroxyl groups excluding tert-OH is 1. The van der Waals surface area contributed by atoms with Crippen molar-refractivity contribution in [2.45, 2.75) is 32.9 Å². The minimum absolute atomic E-state index is 0. The summed E-state index contributed by atoms with van der Waals surface area (Å²) in [7, 11) is 0. The monoisotopic (exact) mass is 263 g/mol. The van der Waals surface area contributed by atoms with Gasteiger partial charge >= 0.3 is 0 Å². The first-order valence-electron chi connectivity index (χ1n) is 5.15.